The Hall–Kier alpha value is -2.03. The quantitative estimate of drug-likeness (QED) is 0.570. The van der Waals surface area contributed by atoms with Crippen LogP contribution in [0, 0.1) is 0 Å². The third-order valence-electron chi connectivity index (χ3n) is 4.53. The van der Waals surface area contributed by atoms with Crippen molar-refractivity contribution < 1.29 is 13.2 Å². The maximum Gasteiger partial charge on any atom is 0.232 e. The summed E-state index contributed by atoms with van der Waals surface area (Å²) < 4.78 is 32.5. The first kappa shape index (κ1) is 21.7. The van der Waals surface area contributed by atoms with Gasteiger partial charge in [0.15, 0.2) is 5.11 Å². The number of hydrogen-bond donors (Lipinski definition) is 3. The van der Waals surface area contributed by atoms with E-state index in [1.165, 1.54) is 0 Å². The average Bonchev–Trinajstić information content (AvgIpc) is 2.63. The molecule has 0 saturated carbocycles. The van der Waals surface area contributed by atoms with Crippen molar-refractivity contribution in [2.75, 3.05) is 15.8 Å². The van der Waals surface area contributed by atoms with Crippen molar-refractivity contribution in [3.63, 3.8) is 0 Å². The lowest BCUT2D eigenvalue weighted by molar-refractivity contribution is 0.0697. The first-order valence-electron chi connectivity index (χ1n) is 9.23. The molecule has 6 nitrogen and oxygen atoms in total. The number of halogens is 1. The summed E-state index contributed by atoms with van der Waals surface area (Å²) in [6, 6.07) is 12.4. The second-order valence-electron chi connectivity index (χ2n) is 7.48. The molecular weight excluding hydrogens is 430 g/mol. The summed E-state index contributed by atoms with van der Waals surface area (Å²) in [5.74, 6) is 0.706. The second kappa shape index (κ2) is 8.38. The zero-order valence-electron chi connectivity index (χ0n) is 16.5. The minimum atomic E-state index is -3.37. The van der Waals surface area contributed by atoms with Gasteiger partial charge in [-0.25, -0.2) is 8.42 Å². The molecule has 0 aromatic heterocycles. The van der Waals surface area contributed by atoms with Crippen LogP contribution in [0.1, 0.15) is 38.8 Å². The van der Waals surface area contributed by atoms with Gasteiger partial charge in [0.1, 0.15) is 11.4 Å². The highest BCUT2D eigenvalue weighted by molar-refractivity contribution is 7.92. The molecule has 3 rings (SSSR count). The van der Waals surface area contributed by atoms with Crippen LogP contribution in [0.3, 0.4) is 0 Å². The fourth-order valence-corrected chi connectivity index (χ4v) is 4.17. The van der Waals surface area contributed by atoms with Gasteiger partial charge in [-0.05, 0) is 75.5 Å². The smallest absolute Gasteiger partial charge is 0.232 e. The van der Waals surface area contributed by atoms with Gasteiger partial charge < -0.3 is 15.4 Å². The molecular formula is C20H24ClN3O3S2. The van der Waals surface area contributed by atoms with Crippen LogP contribution in [0.4, 0.5) is 11.4 Å². The minimum absolute atomic E-state index is 0.00436. The van der Waals surface area contributed by atoms with E-state index in [0.29, 0.717) is 28.0 Å². The predicted molar refractivity (Wildman–Crippen MR) is 122 cm³/mol. The lowest BCUT2D eigenvalue weighted by Gasteiger charge is -2.38. The monoisotopic (exact) mass is 453 g/mol. The molecule has 9 heteroatoms. The number of nitrogens with one attached hydrogen (secondary N) is 3. The third kappa shape index (κ3) is 5.74. The molecule has 1 atom stereocenters. The van der Waals surface area contributed by atoms with Gasteiger partial charge >= 0.3 is 0 Å². The van der Waals surface area contributed by atoms with E-state index in [1.807, 2.05) is 26.0 Å². The molecule has 1 heterocycles. The van der Waals surface area contributed by atoms with E-state index in [2.05, 4.69) is 15.4 Å². The zero-order valence-corrected chi connectivity index (χ0v) is 18.8. The van der Waals surface area contributed by atoms with Gasteiger partial charge in [-0.1, -0.05) is 11.6 Å². The van der Waals surface area contributed by atoms with E-state index in [9.17, 15) is 8.42 Å². The van der Waals surface area contributed by atoms with Crippen molar-refractivity contribution in [3.8, 4) is 5.75 Å². The fourth-order valence-electron chi connectivity index (χ4n) is 3.16. The number of thiocarbonyl (C=S) groups is 1. The second-order valence-corrected chi connectivity index (χ2v) is 10.3. The highest BCUT2D eigenvalue weighted by atomic mass is 35.5. The summed E-state index contributed by atoms with van der Waals surface area (Å²) in [7, 11) is -3.37. The summed E-state index contributed by atoms with van der Waals surface area (Å²) >= 11 is 11.4. The first-order valence-corrected chi connectivity index (χ1v) is 11.7. The van der Waals surface area contributed by atoms with Gasteiger partial charge in [0.05, 0.1) is 11.8 Å². The molecule has 0 spiro atoms. The van der Waals surface area contributed by atoms with Gasteiger partial charge in [0.2, 0.25) is 10.0 Å². The van der Waals surface area contributed by atoms with Crippen LogP contribution in [0.25, 0.3) is 0 Å². The fraction of sp³-hybridized carbons (Fsp3) is 0.350. The largest absolute Gasteiger partial charge is 0.487 e. The number of rotatable bonds is 5. The predicted octanol–water partition coefficient (Wildman–Crippen LogP) is 4.69. The summed E-state index contributed by atoms with van der Waals surface area (Å²) in [4.78, 5) is 0. The molecule has 156 valence electrons. The SMILES string of the molecule is CCS(=O)(=O)Nc1ccc2c(c1)C(NC(=S)Nc1ccc(Cl)cc1)CC(C)(C)O2. The van der Waals surface area contributed by atoms with Crippen molar-refractivity contribution in [2.45, 2.75) is 38.8 Å². The molecule has 0 amide bonds. The van der Waals surface area contributed by atoms with Gasteiger partial charge in [0.25, 0.3) is 0 Å². The Bertz CT molecular complexity index is 1010. The molecule has 0 aliphatic carbocycles. The van der Waals surface area contributed by atoms with Crippen LogP contribution in [0.15, 0.2) is 42.5 Å². The van der Waals surface area contributed by atoms with Crippen LogP contribution in [-0.4, -0.2) is 24.9 Å². The molecule has 0 bridgehead atoms. The molecule has 2 aromatic carbocycles. The number of benzene rings is 2. The van der Waals surface area contributed by atoms with Gasteiger partial charge in [-0.2, -0.15) is 0 Å². The molecule has 0 radical (unpaired) electrons. The topological polar surface area (TPSA) is 79.5 Å². The normalized spacial score (nSPS) is 17.6. The lowest BCUT2D eigenvalue weighted by atomic mass is 9.89. The number of sulfonamides is 1. The number of anilines is 2. The highest BCUT2D eigenvalue weighted by Gasteiger charge is 2.34. The molecule has 1 aliphatic heterocycles. The molecule has 29 heavy (non-hydrogen) atoms. The van der Waals surface area contributed by atoms with Crippen LogP contribution >= 0.6 is 23.8 Å². The van der Waals surface area contributed by atoms with Crippen molar-refractivity contribution in [3.05, 3.63) is 53.1 Å². The van der Waals surface area contributed by atoms with E-state index in [-0.39, 0.29) is 11.8 Å². The van der Waals surface area contributed by atoms with Crippen molar-refractivity contribution >= 4 is 50.3 Å². The van der Waals surface area contributed by atoms with Crippen molar-refractivity contribution in [1.29, 1.82) is 0 Å². The van der Waals surface area contributed by atoms with E-state index >= 15 is 0 Å². The maximum atomic E-state index is 11.9. The third-order valence-corrected chi connectivity index (χ3v) is 6.31. The Morgan fingerprint density at radius 2 is 1.86 bits per heavy atom. The Labute approximate surface area is 182 Å². The van der Waals surface area contributed by atoms with Gasteiger partial charge in [0, 0.05) is 28.4 Å². The molecule has 2 aromatic rings. The van der Waals surface area contributed by atoms with Crippen LogP contribution < -0.4 is 20.1 Å². The van der Waals surface area contributed by atoms with E-state index in [1.54, 1.807) is 37.3 Å². The lowest BCUT2D eigenvalue weighted by Crippen LogP contribution is -2.42. The van der Waals surface area contributed by atoms with Crippen LogP contribution in [0.2, 0.25) is 5.02 Å². The van der Waals surface area contributed by atoms with Gasteiger partial charge in [-0.15, -0.1) is 0 Å². The molecule has 1 aliphatic rings. The van der Waals surface area contributed by atoms with Gasteiger partial charge in [-0.3, -0.25) is 4.72 Å². The Kier molecular flexibility index (Phi) is 6.26. The number of fused-ring (bicyclic) bond motifs is 1. The number of ether oxygens (including phenoxy) is 1. The van der Waals surface area contributed by atoms with Crippen LogP contribution in [-0.2, 0) is 10.0 Å². The molecule has 0 saturated heterocycles. The van der Waals surface area contributed by atoms with Crippen molar-refractivity contribution in [1.82, 2.24) is 5.32 Å². The maximum absolute atomic E-state index is 11.9. The average molecular weight is 454 g/mol. The first-order chi connectivity index (χ1) is 13.6. The van der Waals surface area contributed by atoms with Crippen molar-refractivity contribution in [2.24, 2.45) is 0 Å². The summed E-state index contributed by atoms with van der Waals surface area (Å²) in [6.45, 7) is 5.61. The highest BCUT2D eigenvalue weighted by Crippen LogP contribution is 2.41. The summed E-state index contributed by atoms with van der Waals surface area (Å²) in [5, 5.41) is 7.58. The summed E-state index contributed by atoms with van der Waals surface area (Å²) in [6.07, 6.45) is 0.659. The Morgan fingerprint density at radius 3 is 2.52 bits per heavy atom. The summed E-state index contributed by atoms with van der Waals surface area (Å²) in [5.41, 5.74) is 1.77. The Morgan fingerprint density at radius 1 is 1.21 bits per heavy atom. The van der Waals surface area contributed by atoms with Crippen LogP contribution in [0.5, 0.6) is 5.75 Å². The standard InChI is InChI=1S/C20H24ClN3O3S2/c1-4-29(25,26)24-15-9-10-18-16(11-15)17(12-20(2,3)27-18)23-19(28)22-14-7-5-13(21)6-8-14/h5-11,17,24H,4,12H2,1-3H3,(H2,22,23,28). The minimum Gasteiger partial charge on any atom is -0.487 e. The van der Waals surface area contributed by atoms with E-state index in [0.717, 1.165) is 11.3 Å². The molecule has 0 fully saturated rings. The molecule has 3 N–H and O–H groups in total. The zero-order chi connectivity index (χ0) is 21.2. The van der Waals surface area contributed by atoms with E-state index < -0.39 is 15.6 Å². The number of hydrogen-bond acceptors (Lipinski definition) is 4. The van der Waals surface area contributed by atoms with E-state index in [4.69, 9.17) is 28.6 Å². The molecule has 1 unspecified atom stereocenters. The Balaban J connectivity index is 1.82.